The molecule has 0 saturated heterocycles. The van der Waals surface area contributed by atoms with Crippen molar-refractivity contribution in [3.05, 3.63) is 22.2 Å². The number of halogens is 1. The van der Waals surface area contributed by atoms with Gasteiger partial charge in [0.25, 0.3) is 0 Å². The molecule has 1 aromatic carbocycles. The van der Waals surface area contributed by atoms with Crippen molar-refractivity contribution < 1.29 is 14.3 Å². The fraction of sp³-hybridized carbons (Fsp3) is 0.588. The molecular weight excluding hydrogens is 302 g/mol. The minimum atomic E-state index is -0.537. The van der Waals surface area contributed by atoms with Gasteiger partial charge in [0.1, 0.15) is 0 Å². The summed E-state index contributed by atoms with van der Waals surface area (Å²) in [5, 5.41) is 0.541. The van der Waals surface area contributed by atoms with Crippen LogP contribution in [0.3, 0.4) is 0 Å². The van der Waals surface area contributed by atoms with Gasteiger partial charge in [-0.25, -0.2) is 4.79 Å². The van der Waals surface area contributed by atoms with Gasteiger partial charge in [0.2, 0.25) is 6.08 Å². The van der Waals surface area contributed by atoms with Crippen LogP contribution in [0.4, 0.5) is 0 Å². The van der Waals surface area contributed by atoms with E-state index in [1.165, 1.54) is 0 Å². The lowest BCUT2D eigenvalue weighted by Crippen LogP contribution is -2.22. The van der Waals surface area contributed by atoms with Crippen LogP contribution in [0.25, 0.3) is 0 Å². The zero-order valence-electron chi connectivity index (χ0n) is 13.5. The number of aliphatic imine (C=N–C) groups is 1. The van der Waals surface area contributed by atoms with Crippen molar-refractivity contribution in [1.29, 1.82) is 0 Å². The number of ether oxygens (including phenoxy) is 2. The molecule has 0 N–H and O–H groups in total. The van der Waals surface area contributed by atoms with Gasteiger partial charge in [-0.1, -0.05) is 38.3 Å². The Balaban J connectivity index is 2.78. The van der Waals surface area contributed by atoms with Crippen molar-refractivity contribution in [2.24, 2.45) is 4.99 Å². The molecule has 22 heavy (non-hydrogen) atoms. The van der Waals surface area contributed by atoms with Gasteiger partial charge in [-0.15, -0.1) is 0 Å². The van der Waals surface area contributed by atoms with Crippen LogP contribution in [-0.2, 0) is 10.3 Å². The summed E-state index contributed by atoms with van der Waals surface area (Å²) in [7, 11) is 3.15. The van der Waals surface area contributed by atoms with Gasteiger partial charge in [0.15, 0.2) is 11.5 Å². The normalized spacial score (nSPS) is 16.5. The summed E-state index contributed by atoms with van der Waals surface area (Å²) in [5.74, 6) is 1.28. The predicted octanol–water partition coefficient (Wildman–Crippen LogP) is 4.59. The van der Waals surface area contributed by atoms with E-state index in [1.807, 2.05) is 6.07 Å². The first kappa shape index (κ1) is 16.9. The summed E-state index contributed by atoms with van der Waals surface area (Å²) in [4.78, 5) is 15.2. The third kappa shape index (κ3) is 2.73. The van der Waals surface area contributed by atoms with E-state index in [2.05, 4.69) is 18.8 Å². The smallest absolute Gasteiger partial charge is 0.235 e. The zero-order chi connectivity index (χ0) is 16.3. The van der Waals surface area contributed by atoms with Crippen LogP contribution in [0, 0.1) is 0 Å². The van der Waals surface area contributed by atoms with Crippen molar-refractivity contribution in [1.82, 2.24) is 0 Å². The maximum absolute atomic E-state index is 11.0. The summed E-state index contributed by atoms with van der Waals surface area (Å²) in [6.45, 7) is 4.15. The van der Waals surface area contributed by atoms with E-state index in [9.17, 15) is 4.79 Å². The SMILES string of the molecule is COc1cc(C2(N=C=O)CCCC2)c(C(C)C)c(Cl)c1OC. The van der Waals surface area contributed by atoms with E-state index in [0.717, 1.165) is 36.8 Å². The van der Waals surface area contributed by atoms with Crippen LogP contribution >= 0.6 is 11.6 Å². The molecule has 2 rings (SSSR count). The average molecular weight is 324 g/mol. The van der Waals surface area contributed by atoms with Crippen LogP contribution in [0.5, 0.6) is 11.5 Å². The van der Waals surface area contributed by atoms with Gasteiger partial charge in [0.05, 0.1) is 24.8 Å². The lowest BCUT2D eigenvalue weighted by atomic mass is 9.81. The number of hydrogen-bond donors (Lipinski definition) is 0. The highest BCUT2D eigenvalue weighted by atomic mass is 35.5. The molecule has 120 valence electrons. The monoisotopic (exact) mass is 323 g/mol. The van der Waals surface area contributed by atoms with Crippen LogP contribution in [0.1, 0.15) is 56.6 Å². The highest BCUT2D eigenvalue weighted by molar-refractivity contribution is 6.33. The molecule has 0 radical (unpaired) electrons. The Bertz CT molecular complexity index is 600. The standard InChI is InChI=1S/C17H22ClNO3/c1-11(2)14-12(17(19-10-20)7-5-6-8-17)9-13(21-3)16(22-4)15(14)18/h9,11H,5-8H2,1-4H3. The molecule has 1 aliphatic carbocycles. The van der Waals surface area contributed by atoms with E-state index in [-0.39, 0.29) is 5.92 Å². The molecule has 1 aliphatic rings. The van der Waals surface area contributed by atoms with Crippen LogP contribution < -0.4 is 9.47 Å². The summed E-state index contributed by atoms with van der Waals surface area (Å²) in [6.07, 6.45) is 5.49. The fourth-order valence-electron chi connectivity index (χ4n) is 3.40. The van der Waals surface area contributed by atoms with E-state index < -0.39 is 5.54 Å². The maximum atomic E-state index is 11.0. The van der Waals surface area contributed by atoms with Gasteiger partial charge >= 0.3 is 0 Å². The predicted molar refractivity (Wildman–Crippen MR) is 86.9 cm³/mol. The number of rotatable bonds is 5. The molecule has 0 aromatic heterocycles. The minimum Gasteiger partial charge on any atom is -0.493 e. The molecule has 1 saturated carbocycles. The second kappa shape index (κ2) is 6.72. The van der Waals surface area contributed by atoms with Crippen molar-refractivity contribution in [3.63, 3.8) is 0 Å². The Labute approximate surface area is 136 Å². The van der Waals surface area contributed by atoms with Crippen LogP contribution in [0.15, 0.2) is 11.1 Å². The van der Waals surface area contributed by atoms with Crippen molar-refractivity contribution in [3.8, 4) is 11.5 Å². The first-order valence-corrected chi connectivity index (χ1v) is 7.92. The Morgan fingerprint density at radius 1 is 1.27 bits per heavy atom. The number of isocyanates is 1. The summed E-state index contributed by atoms with van der Waals surface area (Å²) >= 11 is 6.59. The van der Waals surface area contributed by atoms with Crippen molar-refractivity contribution >= 4 is 17.7 Å². The van der Waals surface area contributed by atoms with E-state index >= 15 is 0 Å². The summed E-state index contributed by atoms with van der Waals surface area (Å²) in [6, 6.07) is 1.92. The molecule has 0 atom stereocenters. The molecular formula is C17H22ClNO3. The first-order valence-electron chi connectivity index (χ1n) is 7.54. The molecule has 0 unspecified atom stereocenters. The zero-order valence-corrected chi connectivity index (χ0v) is 14.3. The number of methoxy groups -OCH3 is 2. The fourth-order valence-corrected chi connectivity index (χ4v) is 3.89. The Hall–Kier alpha value is -1.51. The highest BCUT2D eigenvalue weighted by Crippen LogP contribution is 2.51. The Morgan fingerprint density at radius 2 is 1.91 bits per heavy atom. The van der Waals surface area contributed by atoms with Crippen molar-refractivity contribution in [2.45, 2.75) is 51.0 Å². The minimum absolute atomic E-state index is 0.182. The second-order valence-electron chi connectivity index (χ2n) is 5.98. The molecule has 0 amide bonds. The van der Waals surface area contributed by atoms with Gasteiger partial charge in [-0.2, -0.15) is 4.99 Å². The lowest BCUT2D eigenvalue weighted by molar-refractivity contribution is 0.351. The van der Waals surface area contributed by atoms with Crippen LogP contribution in [-0.4, -0.2) is 20.3 Å². The van der Waals surface area contributed by atoms with Gasteiger partial charge in [0, 0.05) is 0 Å². The first-order chi connectivity index (χ1) is 10.5. The molecule has 4 nitrogen and oxygen atoms in total. The largest absolute Gasteiger partial charge is 0.493 e. The third-order valence-corrected chi connectivity index (χ3v) is 4.79. The maximum Gasteiger partial charge on any atom is 0.235 e. The molecule has 0 bridgehead atoms. The molecule has 1 aromatic rings. The van der Waals surface area contributed by atoms with E-state index in [0.29, 0.717) is 16.5 Å². The topological polar surface area (TPSA) is 47.9 Å². The highest BCUT2D eigenvalue weighted by Gasteiger charge is 2.39. The molecule has 0 spiro atoms. The second-order valence-corrected chi connectivity index (χ2v) is 6.36. The molecule has 5 heteroatoms. The summed E-state index contributed by atoms with van der Waals surface area (Å²) < 4.78 is 10.8. The van der Waals surface area contributed by atoms with E-state index in [1.54, 1.807) is 20.3 Å². The van der Waals surface area contributed by atoms with Gasteiger partial charge in [-0.05, 0) is 36.0 Å². The van der Waals surface area contributed by atoms with E-state index in [4.69, 9.17) is 21.1 Å². The Morgan fingerprint density at radius 3 is 2.36 bits per heavy atom. The number of hydrogen-bond acceptors (Lipinski definition) is 4. The molecule has 0 heterocycles. The quantitative estimate of drug-likeness (QED) is 0.588. The molecule has 0 aliphatic heterocycles. The van der Waals surface area contributed by atoms with Crippen molar-refractivity contribution in [2.75, 3.05) is 14.2 Å². The lowest BCUT2D eigenvalue weighted by Gasteiger charge is -2.29. The van der Waals surface area contributed by atoms with Crippen LogP contribution in [0.2, 0.25) is 5.02 Å². The van der Waals surface area contributed by atoms with Gasteiger partial charge in [-0.3, -0.25) is 0 Å². The molecule has 1 fully saturated rings. The number of benzene rings is 1. The Kier molecular flexibility index (Phi) is 5.15. The van der Waals surface area contributed by atoms with Gasteiger partial charge < -0.3 is 9.47 Å². The average Bonchev–Trinajstić information content (AvgIpc) is 2.95. The summed E-state index contributed by atoms with van der Waals surface area (Å²) in [5.41, 5.74) is 1.40. The third-order valence-electron chi connectivity index (χ3n) is 4.42. The number of carbonyl (C=O) groups excluding carboxylic acids is 1. The number of nitrogens with zero attached hydrogens (tertiary/aromatic N) is 1.